The van der Waals surface area contributed by atoms with E-state index in [1.165, 1.54) is 103 Å². The minimum atomic E-state index is 0.498. The Labute approximate surface area is 131 Å². The molecule has 0 aromatic rings. The minimum absolute atomic E-state index is 0.498. The van der Waals surface area contributed by atoms with Gasteiger partial charge in [-0.3, -0.25) is 4.90 Å². The molecule has 122 valence electrons. The van der Waals surface area contributed by atoms with Crippen LogP contribution in [0.4, 0.5) is 0 Å². The van der Waals surface area contributed by atoms with Gasteiger partial charge in [-0.1, -0.05) is 25.7 Å². The first-order chi connectivity index (χ1) is 10.4. The predicted molar refractivity (Wildman–Crippen MR) is 89.8 cm³/mol. The summed E-state index contributed by atoms with van der Waals surface area (Å²) in [5.41, 5.74) is 0.498. The molecule has 0 spiro atoms. The lowest BCUT2D eigenvalue weighted by molar-refractivity contribution is 0.0311. The van der Waals surface area contributed by atoms with Crippen molar-refractivity contribution >= 4 is 0 Å². The first-order valence-corrected chi connectivity index (χ1v) is 9.58. The number of hydrogen-bond acceptors (Lipinski definition) is 3. The van der Waals surface area contributed by atoms with Gasteiger partial charge in [-0.25, -0.2) is 0 Å². The van der Waals surface area contributed by atoms with Gasteiger partial charge in [-0.05, 0) is 71.1 Å². The van der Waals surface area contributed by atoms with E-state index < -0.39 is 0 Å². The van der Waals surface area contributed by atoms with E-state index in [1.807, 2.05) is 0 Å². The first kappa shape index (κ1) is 15.8. The average molecular weight is 293 g/mol. The number of piperidine rings is 1. The molecule has 0 bridgehead atoms. The van der Waals surface area contributed by atoms with E-state index >= 15 is 0 Å². The highest BCUT2D eigenvalue weighted by Crippen LogP contribution is 2.35. The van der Waals surface area contributed by atoms with E-state index in [0.29, 0.717) is 5.54 Å². The van der Waals surface area contributed by atoms with Crippen molar-refractivity contribution in [1.82, 2.24) is 15.5 Å². The molecule has 3 rings (SSSR count). The van der Waals surface area contributed by atoms with Crippen molar-refractivity contribution in [2.75, 3.05) is 32.7 Å². The summed E-state index contributed by atoms with van der Waals surface area (Å²) in [6.45, 7) is 6.38. The fourth-order valence-electron chi connectivity index (χ4n) is 4.74. The number of nitrogens with one attached hydrogen (secondary N) is 2. The third kappa shape index (κ3) is 4.20. The van der Waals surface area contributed by atoms with Crippen LogP contribution in [0.15, 0.2) is 0 Å². The Morgan fingerprint density at radius 1 is 0.857 bits per heavy atom. The third-order valence-corrected chi connectivity index (χ3v) is 6.11. The van der Waals surface area contributed by atoms with Crippen molar-refractivity contribution in [3.8, 4) is 0 Å². The molecule has 0 aromatic carbocycles. The zero-order chi connectivity index (χ0) is 14.4. The maximum absolute atomic E-state index is 3.99. The summed E-state index contributed by atoms with van der Waals surface area (Å²) in [6, 6.07) is 0.753. The molecule has 1 aliphatic carbocycles. The van der Waals surface area contributed by atoms with Gasteiger partial charge in [0.05, 0.1) is 0 Å². The molecule has 3 heteroatoms. The summed E-state index contributed by atoms with van der Waals surface area (Å²) in [5, 5.41) is 7.53. The van der Waals surface area contributed by atoms with E-state index in [9.17, 15) is 0 Å². The lowest BCUT2D eigenvalue weighted by Crippen LogP contribution is -2.58. The molecule has 21 heavy (non-hydrogen) atoms. The maximum atomic E-state index is 3.99. The van der Waals surface area contributed by atoms with Crippen molar-refractivity contribution in [1.29, 1.82) is 0 Å². The van der Waals surface area contributed by atoms with Crippen LogP contribution in [0.5, 0.6) is 0 Å². The van der Waals surface area contributed by atoms with Crippen LogP contribution in [0, 0.1) is 0 Å². The smallest absolute Gasteiger partial charge is 0.0334 e. The second kappa shape index (κ2) is 7.94. The first-order valence-electron chi connectivity index (χ1n) is 9.58. The summed E-state index contributed by atoms with van der Waals surface area (Å²) in [7, 11) is 0. The fraction of sp³-hybridized carbons (Fsp3) is 1.00. The van der Waals surface area contributed by atoms with Crippen LogP contribution in [0.25, 0.3) is 0 Å². The van der Waals surface area contributed by atoms with Crippen LogP contribution in [0.3, 0.4) is 0 Å². The van der Waals surface area contributed by atoms with Crippen LogP contribution in [0.1, 0.15) is 70.6 Å². The Morgan fingerprint density at radius 3 is 2.43 bits per heavy atom. The molecule has 3 nitrogen and oxygen atoms in total. The highest BCUT2D eigenvalue weighted by molar-refractivity contribution is 4.96. The molecule has 1 unspecified atom stereocenters. The number of likely N-dealkylation sites (tertiary alicyclic amines) is 1. The molecule has 2 saturated heterocycles. The number of rotatable bonds is 4. The fourth-order valence-corrected chi connectivity index (χ4v) is 4.74. The Hall–Kier alpha value is -0.120. The van der Waals surface area contributed by atoms with Crippen LogP contribution >= 0.6 is 0 Å². The average Bonchev–Trinajstić information content (AvgIpc) is 2.83. The van der Waals surface area contributed by atoms with Gasteiger partial charge < -0.3 is 10.6 Å². The zero-order valence-electron chi connectivity index (χ0n) is 13.8. The lowest BCUT2D eigenvalue weighted by atomic mass is 9.79. The molecular weight excluding hydrogens is 258 g/mol. The Kier molecular flexibility index (Phi) is 5.96. The lowest BCUT2D eigenvalue weighted by Gasteiger charge is -2.49. The highest BCUT2D eigenvalue weighted by Gasteiger charge is 2.38. The van der Waals surface area contributed by atoms with Crippen LogP contribution < -0.4 is 10.6 Å². The molecule has 0 radical (unpaired) electrons. The van der Waals surface area contributed by atoms with Gasteiger partial charge in [0.2, 0.25) is 0 Å². The monoisotopic (exact) mass is 293 g/mol. The molecule has 2 N–H and O–H groups in total. The van der Waals surface area contributed by atoms with Gasteiger partial charge in [-0.15, -0.1) is 0 Å². The molecule has 3 aliphatic rings. The van der Waals surface area contributed by atoms with Crippen molar-refractivity contribution in [3.63, 3.8) is 0 Å². The van der Waals surface area contributed by atoms with E-state index in [0.717, 1.165) is 6.04 Å². The summed E-state index contributed by atoms with van der Waals surface area (Å²) < 4.78 is 0. The van der Waals surface area contributed by atoms with Crippen LogP contribution in [0.2, 0.25) is 0 Å². The highest BCUT2D eigenvalue weighted by atomic mass is 15.2. The normalized spacial score (nSPS) is 31.7. The quantitative estimate of drug-likeness (QED) is 0.834. The molecule has 1 saturated carbocycles. The summed E-state index contributed by atoms with van der Waals surface area (Å²) in [5.74, 6) is 0. The minimum Gasteiger partial charge on any atom is -0.317 e. The zero-order valence-corrected chi connectivity index (χ0v) is 13.8. The summed E-state index contributed by atoms with van der Waals surface area (Å²) >= 11 is 0. The van der Waals surface area contributed by atoms with Gasteiger partial charge in [0, 0.05) is 18.1 Å². The molecular formula is C18H35N3. The van der Waals surface area contributed by atoms with Crippen molar-refractivity contribution in [2.24, 2.45) is 0 Å². The second-order valence-corrected chi connectivity index (χ2v) is 7.59. The van der Waals surface area contributed by atoms with Gasteiger partial charge in [-0.2, -0.15) is 0 Å². The van der Waals surface area contributed by atoms with Gasteiger partial charge >= 0.3 is 0 Å². The van der Waals surface area contributed by atoms with E-state index in [2.05, 4.69) is 15.5 Å². The van der Waals surface area contributed by atoms with E-state index in [-0.39, 0.29) is 0 Å². The Morgan fingerprint density at radius 2 is 1.62 bits per heavy atom. The van der Waals surface area contributed by atoms with Crippen LogP contribution in [-0.2, 0) is 0 Å². The topological polar surface area (TPSA) is 27.3 Å². The molecule has 1 atom stereocenters. The molecule has 2 heterocycles. The molecule has 2 aliphatic heterocycles. The van der Waals surface area contributed by atoms with Gasteiger partial charge in [0.1, 0.15) is 0 Å². The van der Waals surface area contributed by atoms with Crippen molar-refractivity contribution in [3.05, 3.63) is 0 Å². The molecule has 0 aromatic heterocycles. The van der Waals surface area contributed by atoms with Gasteiger partial charge in [0.15, 0.2) is 0 Å². The molecule has 0 amide bonds. The van der Waals surface area contributed by atoms with Crippen molar-refractivity contribution in [2.45, 2.75) is 82.2 Å². The SMILES string of the molecule is C1CCN(C2(CNC3CCCNCC3)CCCCC2)CC1. The Balaban J connectivity index is 1.58. The van der Waals surface area contributed by atoms with Crippen LogP contribution in [-0.4, -0.2) is 49.2 Å². The largest absolute Gasteiger partial charge is 0.317 e. The predicted octanol–water partition coefficient (Wildman–Crippen LogP) is 2.91. The molecule has 3 fully saturated rings. The summed E-state index contributed by atoms with van der Waals surface area (Å²) in [4.78, 5) is 2.87. The third-order valence-electron chi connectivity index (χ3n) is 6.11. The number of nitrogens with zero attached hydrogens (tertiary/aromatic N) is 1. The Bertz CT molecular complexity index is 285. The number of hydrogen-bond donors (Lipinski definition) is 2. The van der Waals surface area contributed by atoms with E-state index in [1.54, 1.807) is 0 Å². The summed E-state index contributed by atoms with van der Waals surface area (Å²) in [6.07, 6.45) is 15.6. The maximum Gasteiger partial charge on any atom is 0.0334 e. The van der Waals surface area contributed by atoms with E-state index in [4.69, 9.17) is 0 Å². The van der Waals surface area contributed by atoms with Gasteiger partial charge in [0.25, 0.3) is 0 Å². The second-order valence-electron chi connectivity index (χ2n) is 7.59. The standard InChI is InChI=1S/C18H35N3/c1-3-10-18(11-4-1,21-14-5-2-6-15-21)16-20-17-8-7-12-19-13-9-17/h17,19-20H,1-16H2. The van der Waals surface area contributed by atoms with Crippen molar-refractivity contribution < 1.29 is 0 Å².